The van der Waals surface area contributed by atoms with Crippen LogP contribution in [0.25, 0.3) is 0 Å². The van der Waals surface area contributed by atoms with Crippen LogP contribution in [0, 0.1) is 13.8 Å². The predicted octanol–water partition coefficient (Wildman–Crippen LogP) is 3.25. The third-order valence-electron chi connectivity index (χ3n) is 4.61. The van der Waals surface area contributed by atoms with Crippen LogP contribution in [0.5, 0.6) is 11.5 Å². The molecule has 1 atom stereocenters. The van der Waals surface area contributed by atoms with Crippen molar-refractivity contribution in [3.8, 4) is 11.5 Å². The molecule has 0 bridgehead atoms. The molecule has 1 fully saturated rings. The highest BCUT2D eigenvalue weighted by Gasteiger charge is 2.30. The van der Waals surface area contributed by atoms with Gasteiger partial charge in [0.15, 0.2) is 11.5 Å². The fourth-order valence-electron chi connectivity index (χ4n) is 3.40. The molecule has 1 saturated heterocycles. The van der Waals surface area contributed by atoms with Crippen molar-refractivity contribution in [2.75, 3.05) is 19.9 Å². The molecule has 3 heterocycles. The summed E-state index contributed by atoms with van der Waals surface area (Å²) in [6.07, 6.45) is 0.960. The summed E-state index contributed by atoms with van der Waals surface area (Å²) in [6, 6.07) is 7.88. The average molecular weight is 313 g/mol. The summed E-state index contributed by atoms with van der Waals surface area (Å²) in [7, 11) is 0. The summed E-state index contributed by atoms with van der Waals surface area (Å²) in [6.45, 7) is 5.48. The molecule has 4 rings (SSSR count). The zero-order valence-corrected chi connectivity index (χ0v) is 13.3. The van der Waals surface area contributed by atoms with E-state index in [1.54, 1.807) is 0 Å². The van der Waals surface area contributed by atoms with Gasteiger partial charge in [-0.2, -0.15) is 0 Å². The lowest BCUT2D eigenvalue weighted by atomic mass is 9.98. The van der Waals surface area contributed by atoms with Crippen molar-refractivity contribution in [1.29, 1.82) is 0 Å². The van der Waals surface area contributed by atoms with Crippen LogP contribution in [0.2, 0.25) is 0 Å². The smallest absolute Gasteiger partial charge is 0.257 e. The minimum absolute atomic E-state index is 0.0580. The number of fused-ring (bicyclic) bond motifs is 1. The number of benzene rings is 1. The highest BCUT2D eigenvalue weighted by Crippen LogP contribution is 2.37. The van der Waals surface area contributed by atoms with Crippen LogP contribution in [-0.4, -0.2) is 30.7 Å². The van der Waals surface area contributed by atoms with Crippen LogP contribution in [0.3, 0.4) is 0 Å². The zero-order chi connectivity index (χ0) is 16.0. The van der Waals surface area contributed by atoms with Gasteiger partial charge in [-0.25, -0.2) is 0 Å². The number of carbonyl (C=O) groups excluding carboxylic acids is 1. The van der Waals surface area contributed by atoms with Crippen molar-refractivity contribution >= 4 is 5.91 Å². The van der Waals surface area contributed by atoms with E-state index in [9.17, 15) is 4.79 Å². The van der Waals surface area contributed by atoms with Crippen molar-refractivity contribution in [2.45, 2.75) is 26.2 Å². The van der Waals surface area contributed by atoms with Gasteiger partial charge in [0.25, 0.3) is 5.91 Å². The van der Waals surface area contributed by atoms with Gasteiger partial charge in [0.05, 0.1) is 5.56 Å². The van der Waals surface area contributed by atoms with E-state index >= 15 is 0 Å². The molecule has 2 aromatic rings. The molecule has 1 aromatic heterocycles. The molecule has 0 aliphatic carbocycles. The Morgan fingerprint density at radius 3 is 2.78 bits per heavy atom. The first kappa shape index (κ1) is 14.2. The highest BCUT2D eigenvalue weighted by molar-refractivity contribution is 5.95. The van der Waals surface area contributed by atoms with Crippen LogP contribution >= 0.6 is 0 Å². The third kappa shape index (κ3) is 2.46. The highest BCUT2D eigenvalue weighted by atomic mass is 16.7. The van der Waals surface area contributed by atoms with Crippen molar-refractivity contribution in [3.63, 3.8) is 0 Å². The number of aryl methyl sites for hydroxylation is 2. The average Bonchev–Trinajstić information content (AvgIpc) is 3.24. The fraction of sp³-hybridized carbons (Fsp3) is 0.389. The van der Waals surface area contributed by atoms with E-state index in [0.717, 1.165) is 36.8 Å². The lowest BCUT2D eigenvalue weighted by molar-refractivity contribution is 0.0789. The summed E-state index contributed by atoms with van der Waals surface area (Å²) < 4.78 is 16.3. The quantitative estimate of drug-likeness (QED) is 0.854. The number of hydrogen-bond acceptors (Lipinski definition) is 4. The summed E-state index contributed by atoms with van der Waals surface area (Å²) in [4.78, 5) is 14.6. The normalized spacial score (nSPS) is 19.4. The standard InChI is InChI=1S/C18H19NO4/c1-11-7-15(12(2)23-11)18(20)19-6-5-14(9-19)13-3-4-16-17(8-13)22-10-21-16/h3-4,7-8,14H,5-6,9-10H2,1-2H3. The summed E-state index contributed by atoms with van der Waals surface area (Å²) in [5.41, 5.74) is 1.87. The number of furan rings is 1. The molecule has 120 valence electrons. The Morgan fingerprint density at radius 2 is 2.00 bits per heavy atom. The number of rotatable bonds is 2. The summed E-state index contributed by atoms with van der Waals surface area (Å²) in [5.74, 6) is 3.46. The number of carbonyl (C=O) groups is 1. The molecule has 1 unspecified atom stereocenters. The first-order valence-electron chi connectivity index (χ1n) is 7.87. The molecule has 2 aliphatic rings. The first-order chi connectivity index (χ1) is 11.1. The minimum Gasteiger partial charge on any atom is -0.466 e. The molecule has 2 aliphatic heterocycles. The maximum atomic E-state index is 12.7. The zero-order valence-electron chi connectivity index (χ0n) is 13.3. The van der Waals surface area contributed by atoms with E-state index in [0.29, 0.717) is 17.2 Å². The third-order valence-corrected chi connectivity index (χ3v) is 4.61. The topological polar surface area (TPSA) is 51.9 Å². The van der Waals surface area contributed by atoms with Crippen molar-refractivity contribution in [2.24, 2.45) is 0 Å². The molecular formula is C18H19NO4. The molecular weight excluding hydrogens is 294 g/mol. The van der Waals surface area contributed by atoms with E-state index in [4.69, 9.17) is 13.9 Å². The van der Waals surface area contributed by atoms with Crippen molar-refractivity contribution < 1.29 is 18.7 Å². The lowest BCUT2D eigenvalue weighted by Crippen LogP contribution is -2.28. The molecule has 0 radical (unpaired) electrons. The number of amides is 1. The van der Waals surface area contributed by atoms with E-state index in [1.807, 2.05) is 36.9 Å². The SMILES string of the molecule is Cc1cc(C(=O)N2CCC(c3ccc4c(c3)OCO4)C2)c(C)o1. The van der Waals surface area contributed by atoms with Gasteiger partial charge in [0, 0.05) is 19.0 Å². The van der Waals surface area contributed by atoms with Gasteiger partial charge in [0.1, 0.15) is 11.5 Å². The number of ether oxygens (including phenoxy) is 2. The van der Waals surface area contributed by atoms with Crippen LogP contribution < -0.4 is 9.47 Å². The predicted molar refractivity (Wildman–Crippen MR) is 84.0 cm³/mol. The van der Waals surface area contributed by atoms with Crippen LogP contribution in [0.4, 0.5) is 0 Å². The number of nitrogens with zero attached hydrogens (tertiary/aromatic N) is 1. The Labute approximate surface area is 134 Å². The first-order valence-corrected chi connectivity index (χ1v) is 7.87. The van der Waals surface area contributed by atoms with E-state index < -0.39 is 0 Å². The second-order valence-corrected chi connectivity index (χ2v) is 6.18. The van der Waals surface area contributed by atoms with E-state index in [1.165, 1.54) is 5.56 Å². The van der Waals surface area contributed by atoms with E-state index in [-0.39, 0.29) is 12.7 Å². The van der Waals surface area contributed by atoms with Crippen molar-refractivity contribution in [1.82, 2.24) is 4.90 Å². The molecule has 0 N–H and O–H groups in total. The van der Waals surface area contributed by atoms with Crippen molar-refractivity contribution in [3.05, 3.63) is 46.9 Å². The van der Waals surface area contributed by atoms with E-state index in [2.05, 4.69) is 6.07 Å². The minimum atomic E-state index is 0.0580. The molecule has 1 amide bonds. The summed E-state index contributed by atoms with van der Waals surface area (Å²) >= 11 is 0. The molecule has 23 heavy (non-hydrogen) atoms. The second-order valence-electron chi connectivity index (χ2n) is 6.18. The lowest BCUT2D eigenvalue weighted by Gasteiger charge is -2.16. The van der Waals surface area contributed by atoms with Gasteiger partial charge in [-0.1, -0.05) is 6.07 Å². The monoisotopic (exact) mass is 313 g/mol. The van der Waals surface area contributed by atoms with Gasteiger partial charge in [-0.15, -0.1) is 0 Å². The Kier molecular flexibility index (Phi) is 3.29. The molecule has 5 heteroatoms. The van der Waals surface area contributed by atoms with Gasteiger partial charge in [-0.05, 0) is 44.0 Å². The van der Waals surface area contributed by atoms with Crippen LogP contribution in [0.15, 0.2) is 28.7 Å². The number of likely N-dealkylation sites (tertiary alicyclic amines) is 1. The Hall–Kier alpha value is -2.43. The summed E-state index contributed by atoms with van der Waals surface area (Å²) in [5, 5.41) is 0. The second kappa shape index (κ2) is 5.33. The molecule has 0 saturated carbocycles. The Morgan fingerprint density at radius 1 is 1.17 bits per heavy atom. The molecule has 0 spiro atoms. The maximum absolute atomic E-state index is 12.7. The van der Waals surface area contributed by atoms with Crippen LogP contribution in [0.1, 0.15) is 39.8 Å². The Bertz CT molecular complexity index is 764. The van der Waals surface area contributed by atoms with Gasteiger partial charge >= 0.3 is 0 Å². The van der Waals surface area contributed by atoms with Gasteiger partial charge in [0.2, 0.25) is 6.79 Å². The maximum Gasteiger partial charge on any atom is 0.257 e. The largest absolute Gasteiger partial charge is 0.466 e. The molecule has 1 aromatic carbocycles. The van der Waals surface area contributed by atoms with Gasteiger partial charge < -0.3 is 18.8 Å². The fourth-order valence-corrected chi connectivity index (χ4v) is 3.40. The van der Waals surface area contributed by atoms with Gasteiger partial charge in [-0.3, -0.25) is 4.79 Å². The Balaban J connectivity index is 1.51. The number of hydrogen-bond donors (Lipinski definition) is 0. The van der Waals surface area contributed by atoms with Crippen LogP contribution in [-0.2, 0) is 0 Å². The molecule has 5 nitrogen and oxygen atoms in total.